The molecule has 0 radical (unpaired) electrons. The molecule has 1 N–H and O–H groups in total. The number of nitrogens with one attached hydrogen (secondary N) is 1. The maximum absolute atomic E-state index is 14.0. The Balaban J connectivity index is 2.04. The van der Waals surface area contributed by atoms with E-state index in [9.17, 15) is 18.0 Å². The fraction of sp³-hybridized carbons (Fsp3) is 0.333. The van der Waals surface area contributed by atoms with Crippen molar-refractivity contribution in [3.05, 3.63) is 95.0 Å². The van der Waals surface area contributed by atoms with Gasteiger partial charge in [0.05, 0.1) is 10.6 Å². The molecule has 0 aromatic heterocycles. The fourth-order valence-electron chi connectivity index (χ4n) is 4.13. The predicted octanol–water partition coefficient (Wildman–Crippen LogP) is 5.57. The second kappa shape index (κ2) is 13.6. The van der Waals surface area contributed by atoms with Crippen molar-refractivity contribution in [2.75, 3.05) is 10.8 Å². The van der Waals surface area contributed by atoms with Crippen molar-refractivity contribution in [2.24, 2.45) is 0 Å². The van der Waals surface area contributed by atoms with Crippen molar-refractivity contribution in [3.8, 4) is 0 Å². The standard InChI is InChI=1S/C30H36ClN3O4S/c1-5-23(4)32-30(36)28(6-2)33(20-24-17-15-22(3)16-18-24)29(35)21-34(26-12-10-11-25(31)19-26)39(37,38)27-13-8-7-9-14-27/h7-19,23,28H,5-6,20-21H2,1-4H3,(H,32,36)/t23-,28+/m0/s1. The van der Waals surface area contributed by atoms with Gasteiger partial charge < -0.3 is 10.2 Å². The average Bonchev–Trinajstić information content (AvgIpc) is 2.92. The van der Waals surface area contributed by atoms with Crippen LogP contribution in [0.3, 0.4) is 0 Å². The van der Waals surface area contributed by atoms with E-state index in [1.807, 2.05) is 52.0 Å². The number of nitrogens with zero attached hydrogens (tertiary/aromatic N) is 2. The summed E-state index contributed by atoms with van der Waals surface area (Å²) < 4.78 is 28.6. The van der Waals surface area contributed by atoms with Crippen LogP contribution in [0, 0.1) is 6.92 Å². The Kier molecular flexibility index (Phi) is 10.5. The lowest BCUT2D eigenvalue weighted by Crippen LogP contribution is -2.53. The first-order chi connectivity index (χ1) is 18.6. The number of carbonyl (C=O) groups is 2. The monoisotopic (exact) mass is 569 g/mol. The topological polar surface area (TPSA) is 86.8 Å². The summed E-state index contributed by atoms with van der Waals surface area (Å²) in [5.41, 5.74) is 2.16. The van der Waals surface area contributed by atoms with Crippen LogP contribution in [0.1, 0.15) is 44.7 Å². The lowest BCUT2D eigenvalue weighted by atomic mass is 10.1. The molecule has 3 rings (SSSR count). The first-order valence-electron chi connectivity index (χ1n) is 13.1. The lowest BCUT2D eigenvalue weighted by molar-refractivity contribution is -0.140. The van der Waals surface area contributed by atoms with E-state index in [2.05, 4.69) is 5.32 Å². The van der Waals surface area contributed by atoms with Gasteiger partial charge in [0.25, 0.3) is 10.0 Å². The number of halogens is 1. The summed E-state index contributed by atoms with van der Waals surface area (Å²) in [6, 6.07) is 21.2. The van der Waals surface area contributed by atoms with Gasteiger partial charge in [-0.15, -0.1) is 0 Å². The summed E-state index contributed by atoms with van der Waals surface area (Å²) in [7, 11) is -4.13. The zero-order valence-corrected chi connectivity index (χ0v) is 24.4. The number of aryl methyl sites for hydroxylation is 1. The summed E-state index contributed by atoms with van der Waals surface area (Å²) in [6.07, 6.45) is 1.11. The van der Waals surface area contributed by atoms with Crippen molar-refractivity contribution in [3.63, 3.8) is 0 Å². The van der Waals surface area contributed by atoms with E-state index in [1.165, 1.54) is 23.1 Å². The summed E-state index contributed by atoms with van der Waals surface area (Å²) >= 11 is 6.21. The molecule has 208 valence electrons. The molecule has 0 aliphatic carbocycles. The van der Waals surface area contributed by atoms with E-state index in [-0.39, 0.29) is 29.1 Å². The Hall–Kier alpha value is -3.36. The van der Waals surface area contributed by atoms with Crippen LogP contribution >= 0.6 is 11.6 Å². The number of carbonyl (C=O) groups excluding carboxylic acids is 2. The Labute approximate surface area is 236 Å². The summed E-state index contributed by atoms with van der Waals surface area (Å²) in [5.74, 6) is -0.770. The molecule has 0 bridgehead atoms. The van der Waals surface area contributed by atoms with E-state index in [0.29, 0.717) is 11.4 Å². The van der Waals surface area contributed by atoms with E-state index in [0.717, 1.165) is 21.9 Å². The molecular formula is C30H36ClN3O4S. The first-order valence-corrected chi connectivity index (χ1v) is 14.9. The molecule has 39 heavy (non-hydrogen) atoms. The molecule has 3 aromatic rings. The smallest absolute Gasteiger partial charge is 0.264 e. The lowest BCUT2D eigenvalue weighted by Gasteiger charge is -2.33. The SMILES string of the molecule is CC[C@H](C(=O)N[C@@H](C)CC)N(Cc1ccc(C)cc1)C(=O)CN(c1cccc(Cl)c1)S(=O)(=O)c1ccccc1. The molecule has 0 saturated heterocycles. The van der Waals surface area contributed by atoms with Crippen LogP contribution in [0.5, 0.6) is 0 Å². The molecule has 0 saturated carbocycles. The van der Waals surface area contributed by atoms with Crippen LogP contribution in [0.15, 0.2) is 83.8 Å². The number of benzene rings is 3. The van der Waals surface area contributed by atoms with E-state index >= 15 is 0 Å². The summed E-state index contributed by atoms with van der Waals surface area (Å²) in [4.78, 5) is 28.8. The van der Waals surface area contributed by atoms with Gasteiger partial charge in [0.2, 0.25) is 11.8 Å². The van der Waals surface area contributed by atoms with Crippen molar-refractivity contribution in [1.29, 1.82) is 0 Å². The highest BCUT2D eigenvalue weighted by molar-refractivity contribution is 7.92. The Morgan fingerprint density at radius 3 is 2.18 bits per heavy atom. The largest absolute Gasteiger partial charge is 0.352 e. The number of hydrogen-bond acceptors (Lipinski definition) is 4. The molecule has 3 aromatic carbocycles. The van der Waals surface area contributed by atoms with Crippen molar-refractivity contribution in [1.82, 2.24) is 10.2 Å². The minimum absolute atomic E-state index is 0.0458. The second-order valence-corrected chi connectivity index (χ2v) is 11.9. The van der Waals surface area contributed by atoms with Crippen LogP contribution in [0.2, 0.25) is 5.02 Å². The summed E-state index contributed by atoms with van der Waals surface area (Å²) in [5, 5.41) is 3.31. The van der Waals surface area contributed by atoms with Crippen LogP contribution in [0.4, 0.5) is 5.69 Å². The molecule has 0 unspecified atom stereocenters. The normalized spacial score (nSPS) is 12.8. The van der Waals surface area contributed by atoms with Crippen LogP contribution < -0.4 is 9.62 Å². The quantitative estimate of drug-likeness (QED) is 0.309. The van der Waals surface area contributed by atoms with Gasteiger partial charge in [0.15, 0.2) is 0 Å². The Bertz CT molecular complexity index is 1360. The van der Waals surface area contributed by atoms with Gasteiger partial charge in [0.1, 0.15) is 12.6 Å². The van der Waals surface area contributed by atoms with Crippen LogP contribution in [-0.4, -0.2) is 43.8 Å². The second-order valence-electron chi connectivity index (χ2n) is 9.55. The van der Waals surface area contributed by atoms with E-state index in [4.69, 9.17) is 11.6 Å². The molecule has 0 spiro atoms. The minimum atomic E-state index is -4.13. The maximum Gasteiger partial charge on any atom is 0.264 e. The van der Waals surface area contributed by atoms with Gasteiger partial charge in [-0.1, -0.05) is 79.5 Å². The van der Waals surface area contributed by atoms with Crippen molar-refractivity contribution < 1.29 is 18.0 Å². The number of sulfonamides is 1. The third kappa shape index (κ3) is 7.83. The number of rotatable bonds is 12. The van der Waals surface area contributed by atoms with Crippen molar-refractivity contribution in [2.45, 2.75) is 64.1 Å². The van der Waals surface area contributed by atoms with Crippen LogP contribution in [-0.2, 0) is 26.2 Å². The maximum atomic E-state index is 14.0. The highest BCUT2D eigenvalue weighted by Gasteiger charge is 2.34. The number of hydrogen-bond donors (Lipinski definition) is 1. The van der Waals surface area contributed by atoms with Gasteiger partial charge in [-0.25, -0.2) is 8.42 Å². The highest BCUT2D eigenvalue weighted by atomic mass is 35.5. The minimum Gasteiger partial charge on any atom is -0.352 e. The fourth-order valence-corrected chi connectivity index (χ4v) is 5.74. The predicted molar refractivity (Wildman–Crippen MR) is 156 cm³/mol. The number of anilines is 1. The molecule has 0 fully saturated rings. The third-order valence-electron chi connectivity index (χ3n) is 6.57. The van der Waals surface area contributed by atoms with Crippen LogP contribution in [0.25, 0.3) is 0 Å². The molecule has 0 aliphatic rings. The van der Waals surface area contributed by atoms with E-state index in [1.54, 1.807) is 36.4 Å². The Morgan fingerprint density at radius 1 is 0.923 bits per heavy atom. The Morgan fingerprint density at radius 2 is 1.59 bits per heavy atom. The molecule has 2 amide bonds. The first kappa shape index (κ1) is 30.2. The van der Waals surface area contributed by atoms with Gasteiger partial charge in [-0.3, -0.25) is 13.9 Å². The molecule has 2 atom stereocenters. The van der Waals surface area contributed by atoms with Gasteiger partial charge in [0, 0.05) is 17.6 Å². The number of amides is 2. The average molecular weight is 570 g/mol. The molecule has 0 aliphatic heterocycles. The third-order valence-corrected chi connectivity index (χ3v) is 8.59. The summed E-state index contributed by atoms with van der Waals surface area (Å²) in [6.45, 7) is 7.34. The van der Waals surface area contributed by atoms with Crippen molar-refractivity contribution >= 4 is 39.1 Å². The van der Waals surface area contributed by atoms with E-state index < -0.39 is 28.5 Å². The molecular weight excluding hydrogens is 534 g/mol. The van der Waals surface area contributed by atoms with Gasteiger partial charge >= 0.3 is 0 Å². The highest BCUT2D eigenvalue weighted by Crippen LogP contribution is 2.27. The molecule has 0 heterocycles. The zero-order valence-electron chi connectivity index (χ0n) is 22.8. The zero-order chi connectivity index (χ0) is 28.6. The van der Waals surface area contributed by atoms with Gasteiger partial charge in [-0.05, 0) is 62.6 Å². The molecule has 9 heteroatoms. The van der Waals surface area contributed by atoms with Gasteiger partial charge in [-0.2, -0.15) is 0 Å². The molecule has 7 nitrogen and oxygen atoms in total.